The standard InChI is InChI=1S/C17H22ClN3O/c1-2-14-5-6-15(9-13-3-7-16(18)8-4-13)17(14,22)10-21-12-19-11-20-21/h3-4,7-8,11-12,14-15,22H,2,5-6,9-10H2,1H3/t14-,15+,17+/m1/s1. The first-order valence-corrected chi connectivity index (χ1v) is 8.29. The minimum absolute atomic E-state index is 0.239. The van der Waals surface area contributed by atoms with Gasteiger partial charge in [0.25, 0.3) is 0 Å². The lowest BCUT2D eigenvalue weighted by Crippen LogP contribution is -2.44. The molecule has 4 nitrogen and oxygen atoms in total. The van der Waals surface area contributed by atoms with Gasteiger partial charge in [0.15, 0.2) is 0 Å². The van der Waals surface area contributed by atoms with Crippen LogP contribution in [0.5, 0.6) is 0 Å². The van der Waals surface area contributed by atoms with Gasteiger partial charge >= 0.3 is 0 Å². The zero-order valence-corrected chi connectivity index (χ0v) is 13.6. The summed E-state index contributed by atoms with van der Waals surface area (Å²) >= 11 is 5.96. The smallest absolute Gasteiger partial charge is 0.137 e. The third kappa shape index (κ3) is 3.03. The van der Waals surface area contributed by atoms with Gasteiger partial charge in [-0.25, -0.2) is 4.98 Å². The number of aliphatic hydroxyl groups is 1. The monoisotopic (exact) mass is 319 g/mol. The summed E-state index contributed by atoms with van der Waals surface area (Å²) < 4.78 is 1.75. The molecule has 1 heterocycles. The Morgan fingerprint density at radius 3 is 2.64 bits per heavy atom. The Morgan fingerprint density at radius 1 is 1.27 bits per heavy atom. The number of rotatable bonds is 5. The second-order valence-electron chi connectivity index (χ2n) is 6.29. The molecule has 1 aromatic carbocycles. The van der Waals surface area contributed by atoms with Crippen LogP contribution in [0, 0.1) is 11.8 Å². The van der Waals surface area contributed by atoms with Gasteiger partial charge in [-0.2, -0.15) is 5.10 Å². The summed E-state index contributed by atoms with van der Waals surface area (Å²) in [4.78, 5) is 3.99. The highest BCUT2D eigenvalue weighted by molar-refractivity contribution is 6.30. The van der Waals surface area contributed by atoms with Gasteiger partial charge < -0.3 is 5.11 Å². The topological polar surface area (TPSA) is 50.9 Å². The van der Waals surface area contributed by atoms with Crippen molar-refractivity contribution in [2.45, 2.75) is 44.8 Å². The lowest BCUT2D eigenvalue weighted by Gasteiger charge is -2.35. The highest BCUT2D eigenvalue weighted by Gasteiger charge is 2.48. The van der Waals surface area contributed by atoms with Crippen LogP contribution < -0.4 is 0 Å². The Hall–Kier alpha value is -1.39. The Morgan fingerprint density at radius 2 is 2.00 bits per heavy atom. The van der Waals surface area contributed by atoms with Crippen molar-refractivity contribution in [1.82, 2.24) is 14.8 Å². The first kappa shape index (κ1) is 15.5. The maximum absolute atomic E-state index is 11.4. The van der Waals surface area contributed by atoms with Gasteiger partial charge in [0, 0.05) is 5.02 Å². The molecule has 1 N–H and O–H groups in total. The van der Waals surface area contributed by atoms with E-state index in [0.29, 0.717) is 12.5 Å². The normalized spacial score (nSPS) is 28.1. The van der Waals surface area contributed by atoms with Crippen molar-refractivity contribution in [3.8, 4) is 0 Å². The molecule has 0 bridgehead atoms. The lowest BCUT2D eigenvalue weighted by atomic mass is 9.80. The lowest BCUT2D eigenvalue weighted by molar-refractivity contribution is -0.0545. The molecule has 1 fully saturated rings. The van der Waals surface area contributed by atoms with Crippen LogP contribution >= 0.6 is 11.6 Å². The predicted octanol–water partition coefficient (Wildman–Crippen LogP) is 3.34. The molecule has 118 valence electrons. The van der Waals surface area contributed by atoms with Crippen LogP contribution in [-0.2, 0) is 13.0 Å². The molecule has 0 spiro atoms. The number of benzene rings is 1. The van der Waals surface area contributed by atoms with E-state index in [1.807, 2.05) is 12.1 Å². The second-order valence-corrected chi connectivity index (χ2v) is 6.73. The summed E-state index contributed by atoms with van der Waals surface area (Å²) in [6.07, 6.45) is 7.18. The van der Waals surface area contributed by atoms with E-state index in [1.165, 1.54) is 11.9 Å². The minimum atomic E-state index is -0.720. The van der Waals surface area contributed by atoms with Gasteiger partial charge in [0.1, 0.15) is 12.7 Å². The number of aromatic nitrogens is 3. The fourth-order valence-corrected chi connectivity index (χ4v) is 3.94. The average molecular weight is 320 g/mol. The summed E-state index contributed by atoms with van der Waals surface area (Å²) in [6.45, 7) is 2.67. The summed E-state index contributed by atoms with van der Waals surface area (Å²) in [5.41, 5.74) is 0.505. The largest absolute Gasteiger partial charge is 0.387 e. The van der Waals surface area contributed by atoms with E-state index in [9.17, 15) is 5.11 Å². The molecule has 0 amide bonds. The first-order valence-electron chi connectivity index (χ1n) is 7.91. The van der Waals surface area contributed by atoms with Crippen LogP contribution in [0.15, 0.2) is 36.9 Å². The van der Waals surface area contributed by atoms with Gasteiger partial charge in [-0.3, -0.25) is 4.68 Å². The number of halogens is 1. The van der Waals surface area contributed by atoms with Crippen molar-refractivity contribution < 1.29 is 5.11 Å². The molecule has 1 aliphatic rings. The Kier molecular flexibility index (Phi) is 4.50. The third-order valence-electron chi connectivity index (χ3n) is 5.05. The Balaban J connectivity index is 1.80. The summed E-state index contributed by atoms with van der Waals surface area (Å²) in [5, 5.41) is 16.3. The highest BCUT2D eigenvalue weighted by Crippen LogP contribution is 2.45. The van der Waals surface area contributed by atoms with Gasteiger partial charge in [-0.1, -0.05) is 37.1 Å². The van der Waals surface area contributed by atoms with E-state index in [0.717, 1.165) is 30.7 Å². The molecule has 2 aromatic rings. The third-order valence-corrected chi connectivity index (χ3v) is 5.30. The zero-order valence-electron chi connectivity index (χ0n) is 12.8. The highest BCUT2D eigenvalue weighted by atomic mass is 35.5. The van der Waals surface area contributed by atoms with Crippen molar-refractivity contribution in [3.63, 3.8) is 0 Å². The molecule has 22 heavy (non-hydrogen) atoms. The molecule has 1 aliphatic carbocycles. The molecular formula is C17H22ClN3O. The fraction of sp³-hybridized carbons (Fsp3) is 0.529. The van der Waals surface area contributed by atoms with Gasteiger partial charge in [-0.05, 0) is 48.8 Å². The second kappa shape index (κ2) is 6.39. The predicted molar refractivity (Wildman–Crippen MR) is 86.6 cm³/mol. The van der Waals surface area contributed by atoms with Crippen LogP contribution in [0.4, 0.5) is 0 Å². The van der Waals surface area contributed by atoms with E-state index in [2.05, 4.69) is 29.1 Å². The number of nitrogens with zero attached hydrogens (tertiary/aromatic N) is 3. The van der Waals surface area contributed by atoms with Crippen LogP contribution in [0.3, 0.4) is 0 Å². The Bertz CT molecular complexity index is 599. The van der Waals surface area contributed by atoms with Crippen LogP contribution in [0.2, 0.25) is 5.02 Å². The van der Waals surface area contributed by atoms with Crippen molar-refractivity contribution in [3.05, 3.63) is 47.5 Å². The van der Waals surface area contributed by atoms with Crippen LogP contribution in [0.1, 0.15) is 31.7 Å². The summed E-state index contributed by atoms with van der Waals surface area (Å²) in [7, 11) is 0. The van der Waals surface area contributed by atoms with E-state index >= 15 is 0 Å². The van der Waals surface area contributed by atoms with Crippen molar-refractivity contribution >= 4 is 11.6 Å². The number of hydrogen-bond acceptors (Lipinski definition) is 3. The van der Waals surface area contributed by atoms with E-state index in [1.54, 1.807) is 11.0 Å². The molecule has 0 unspecified atom stereocenters. The van der Waals surface area contributed by atoms with Crippen LogP contribution in [0.25, 0.3) is 0 Å². The maximum atomic E-state index is 11.4. The van der Waals surface area contributed by atoms with E-state index < -0.39 is 5.60 Å². The summed E-state index contributed by atoms with van der Waals surface area (Å²) in [5.74, 6) is 0.553. The molecule has 0 radical (unpaired) electrons. The molecule has 0 aliphatic heterocycles. The molecule has 5 heteroatoms. The molecule has 3 atom stereocenters. The average Bonchev–Trinajstić information content (AvgIpc) is 3.11. The van der Waals surface area contributed by atoms with E-state index in [4.69, 9.17) is 11.6 Å². The van der Waals surface area contributed by atoms with Gasteiger partial charge in [0.2, 0.25) is 0 Å². The fourth-order valence-electron chi connectivity index (χ4n) is 3.81. The molecule has 0 saturated heterocycles. The summed E-state index contributed by atoms with van der Waals surface area (Å²) in [6, 6.07) is 7.94. The quantitative estimate of drug-likeness (QED) is 0.919. The first-order chi connectivity index (χ1) is 10.6. The van der Waals surface area contributed by atoms with Crippen molar-refractivity contribution in [2.24, 2.45) is 11.8 Å². The van der Waals surface area contributed by atoms with E-state index in [-0.39, 0.29) is 5.92 Å². The maximum Gasteiger partial charge on any atom is 0.137 e. The van der Waals surface area contributed by atoms with Gasteiger partial charge in [0.05, 0.1) is 12.1 Å². The molecule has 1 aromatic heterocycles. The SMILES string of the molecule is CC[C@@H]1CC[C@@H](Cc2ccc(Cl)cc2)[C@]1(O)Cn1cncn1. The van der Waals surface area contributed by atoms with Crippen LogP contribution in [-0.4, -0.2) is 25.5 Å². The van der Waals surface area contributed by atoms with Gasteiger partial charge in [-0.15, -0.1) is 0 Å². The zero-order chi connectivity index (χ0) is 15.6. The molecule has 1 saturated carbocycles. The number of hydrogen-bond donors (Lipinski definition) is 1. The van der Waals surface area contributed by atoms with Crippen molar-refractivity contribution in [2.75, 3.05) is 0 Å². The molecular weight excluding hydrogens is 298 g/mol. The van der Waals surface area contributed by atoms with Crippen molar-refractivity contribution in [1.29, 1.82) is 0 Å². The Labute approximate surface area is 136 Å². The minimum Gasteiger partial charge on any atom is -0.387 e. The molecule has 3 rings (SSSR count).